The molecule has 0 aliphatic heterocycles. The Balaban J connectivity index is 2.15. The minimum absolute atomic E-state index is 0.165. The molecule has 0 saturated heterocycles. The summed E-state index contributed by atoms with van der Waals surface area (Å²) < 4.78 is 5.62. The van der Waals surface area contributed by atoms with Gasteiger partial charge in [0.15, 0.2) is 5.78 Å². The van der Waals surface area contributed by atoms with Crippen molar-refractivity contribution in [1.29, 1.82) is 0 Å². The molecule has 1 aliphatic rings. The third-order valence-corrected chi connectivity index (χ3v) is 3.18. The second kappa shape index (κ2) is 6.18. The normalized spacial score (nSPS) is 20.7. The zero-order valence-corrected chi connectivity index (χ0v) is 9.42. The van der Waals surface area contributed by atoms with E-state index in [0.29, 0.717) is 12.7 Å². The quantitative estimate of drug-likeness (QED) is 0.679. The molecule has 0 aromatic heterocycles. The van der Waals surface area contributed by atoms with Gasteiger partial charge in [0.2, 0.25) is 0 Å². The minimum Gasteiger partial charge on any atom is -0.370 e. The molecule has 2 nitrogen and oxygen atoms in total. The number of hydrogen-bond donors (Lipinski definition) is 0. The van der Waals surface area contributed by atoms with Crippen molar-refractivity contribution in [3.05, 3.63) is 0 Å². The van der Waals surface area contributed by atoms with E-state index in [0.717, 1.165) is 19.3 Å². The second-order valence-corrected chi connectivity index (χ2v) is 4.35. The van der Waals surface area contributed by atoms with Crippen LogP contribution in [0.15, 0.2) is 0 Å². The third kappa shape index (κ3) is 3.79. The summed E-state index contributed by atoms with van der Waals surface area (Å²) in [4.78, 5) is 11.5. The fraction of sp³-hybridized carbons (Fsp3) is 0.917. The summed E-state index contributed by atoms with van der Waals surface area (Å²) >= 11 is 0. The largest absolute Gasteiger partial charge is 0.370 e. The van der Waals surface area contributed by atoms with Gasteiger partial charge in [-0.25, -0.2) is 0 Å². The fourth-order valence-electron chi connectivity index (χ4n) is 1.80. The van der Waals surface area contributed by atoms with Crippen LogP contribution < -0.4 is 0 Å². The van der Waals surface area contributed by atoms with Crippen LogP contribution in [0.5, 0.6) is 0 Å². The van der Waals surface area contributed by atoms with Crippen LogP contribution in [0.4, 0.5) is 0 Å². The second-order valence-electron chi connectivity index (χ2n) is 4.35. The standard InChI is InChI=1S/C12H22O2/c1-3-10(2)12(13)9-14-11-7-5-4-6-8-11/h10-11H,3-9H2,1-2H3. The summed E-state index contributed by atoms with van der Waals surface area (Å²) in [5, 5.41) is 0. The average molecular weight is 198 g/mol. The van der Waals surface area contributed by atoms with Gasteiger partial charge >= 0.3 is 0 Å². The first kappa shape index (κ1) is 11.7. The Morgan fingerprint density at radius 1 is 1.36 bits per heavy atom. The SMILES string of the molecule is CCC(C)C(=O)COC1CCCCC1. The van der Waals surface area contributed by atoms with E-state index in [1.165, 1.54) is 19.3 Å². The molecule has 1 unspecified atom stereocenters. The zero-order chi connectivity index (χ0) is 10.4. The van der Waals surface area contributed by atoms with Crippen molar-refractivity contribution < 1.29 is 9.53 Å². The predicted octanol–water partition coefficient (Wildman–Crippen LogP) is 2.95. The van der Waals surface area contributed by atoms with E-state index in [2.05, 4.69) is 0 Å². The lowest BCUT2D eigenvalue weighted by Crippen LogP contribution is -2.23. The molecule has 0 bridgehead atoms. The van der Waals surface area contributed by atoms with E-state index in [-0.39, 0.29) is 11.7 Å². The fourth-order valence-corrected chi connectivity index (χ4v) is 1.80. The van der Waals surface area contributed by atoms with Gasteiger partial charge in [0.1, 0.15) is 6.61 Å². The smallest absolute Gasteiger partial charge is 0.161 e. The summed E-state index contributed by atoms with van der Waals surface area (Å²) in [5.74, 6) is 0.427. The van der Waals surface area contributed by atoms with Gasteiger partial charge in [-0.05, 0) is 19.3 Å². The third-order valence-electron chi connectivity index (χ3n) is 3.18. The molecular weight excluding hydrogens is 176 g/mol. The Morgan fingerprint density at radius 3 is 2.57 bits per heavy atom. The summed E-state index contributed by atoms with van der Waals surface area (Å²) in [6.45, 7) is 4.36. The van der Waals surface area contributed by atoms with Crippen LogP contribution in [0.2, 0.25) is 0 Å². The molecule has 0 N–H and O–H groups in total. The van der Waals surface area contributed by atoms with Gasteiger partial charge in [-0.15, -0.1) is 0 Å². The number of ketones is 1. The molecule has 1 rings (SSSR count). The monoisotopic (exact) mass is 198 g/mol. The van der Waals surface area contributed by atoms with Crippen LogP contribution >= 0.6 is 0 Å². The number of rotatable bonds is 5. The van der Waals surface area contributed by atoms with Crippen molar-refractivity contribution in [3.63, 3.8) is 0 Å². The number of carbonyl (C=O) groups is 1. The molecule has 1 atom stereocenters. The first-order valence-corrected chi connectivity index (χ1v) is 5.88. The van der Waals surface area contributed by atoms with Gasteiger partial charge in [0.25, 0.3) is 0 Å². The molecular formula is C12H22O2. The predicted molar refractivity (Wildman–Crippen MR) is 57.3 cm³/mol. The molecule has 1 saturated carbocycles. The minimum atomic E-state index is 0.165. The van der Waals surface area contributed by atoms with Crippen molar-refractivity contribution in [2.75, 3.05) is 6.61 Å². The molecule has 0 amide bonds. The topological polar surface area (TPSA) is 26.3 Å². The molecule has 0 aromatic carbocycles. The van der Waals surface area contributed by atoms with Gasteiger partial charge in [0, 0.05) is 5.92 Å². The Labute approximate surface area is 87.0 Å². The van der Waals surface area contributed by atoms with Gasteiger partial charge in [-0.2, -0.15) is 0 Å². The van der Waals surface area contributed by atoms with Gasteiger partial charge in [0.05, 0.1) is 6.10 Å². The Hall–Kier alpha value is -0.370. The van der Waals surface area contributed by atoms with E-state index in [9.17, 15) is 4.79 Å². The lowest BCUT2D eigenvalue weighted by atomic mass is 9.97. The van der Waals surface area contributed by atoms with Gasteiger partial charge in [-0.1, -0.05) is 33.1 Å². The van der Waals surface area contributed by atoms with Crippen LogP contribution in [0, 0.1) is 5.92 Å². The first-order chi connectivity index (χ1) is 6.74. The molecule has 0 spiro atoms. The molecule has 1 fully saturated rings. The van der Waals surface area contributed by atoms with Crippen LogP contribution in [0.1, 0.15) is 52.4 Å². The summed E-state index contributed by atoms with van der Waals surface area (Å²) in [6, 6.07) is 0. The molecule has 0 radical (unpaired) electrons. The number of carbonyl (C=O) groups excluding carboxylic acids is 1. The van der Waals surface area contributed by atoms with Crippen molar-refractivity contribution in [3.8, 4) is 0 Å². The van der Waals surface area contributed by atoms with E-state index in [4.69, 9.17) is 4.74 Å². The average Bonchev–Trinajstić information content (AvgIpc) is 2.26. The summed E-state index contributed by atoms with van der Waals surface area (Å²) in [6.07, 6.45) is 7.44. The molecule has 2 heteroatoms. The Kier molecular flexibility index (Phi) is 5.16. The van der Waals surface area contributed by atoms with Crippen LogP contribution in [-0.2, 0) is 9.53 Å². The van der Waals surface area contributed by atoms with Crippen molar-refractivity contribution in [2.45, 2.75) is 58.5 Å². The van der Waals surface area contributed by atoms with Crippen LogP contribution in [-0.4, -0.2) is 18.5 Å². The maximum absolute atomic E-state index is 11.5. The maximum Gasteiger partial charge on any atom is 0.161 e. The Morgan fingerprint density at radius 2 is 2.00 bits per heavy atom. The molecule has 0 aromatic rings. The highest BCUT2D eigenvalue weighted by atomic mass is 16.5. The van der Waals surface area contributed by atoms with Gasteiger partial charge in [-0.3, -0.25) is 4.79 Å². The van der Waals surface area contributed by atoms with Crippen molar-refractivity contribution in [1.82, 2.24) is 0 Å². The van der Waals surface area contributed by atoms with E-state index in [1.807, 2.05) is 13.8 Å². The summed E-state index contributed by atoms with van der Waals surface area (Å²) in [5.41, 5.74) is 0. The highest BCUT2D eigenvalue weighted by Gasteiger charge is 2.17. The van der Waals surface area contributed by atoms with E-state index < -0.39 is 0 Å². The van der Waals surface area contributed by atoms with Crippen molar-refractivity contribution in [2.24, 2.45) is 5.92 Å². The lowest BCUT2D eigenvalue weighted by molar-refractivity contribution is -0.129. The Bertz CT molecular complexity index is 171. The van der Waals surface area contributed by atoms with Crippen LogP contribution in [0.3, 0.4) is 0 Å². The first-order valence-electron chi connectivity index (χ1n) is 5.88. The number of ether oxygens (including phenoxy) is 1. The molecule has 14 heavy (non-hydrogen) atoms. The summed E-state index contributed by atoms with van der Waals surface area (Å²) in [7, 11) is 0. The number of Topliss-reactive ketones (excluding diaryl/α,β-unsaturated/α-hetero) is 1. The van der Waals surface area contributed by atoms with Crippen molar-refractivity contribution >= 4 is 5.78 Å². The number of hydrogen-bond acceptors (Lipinski definition) is 2. The molecule has 82 valence electrons. The van der Waals surface area contributed by atoms with E-state index >= 15 is 0 Å². The van der Waals surface area contributed by atoms with Gasteiger partial charge < -0.3 is 4.74 Å². The molecule has 0 heterocycles. The zero-order valence-electron chi connectivity index (χ0n) is 9.42. The van der Waals surface area contributed by atoms with Crippen LogP contribution in [0.25, 0.3) is 0 Å². The highest BCUT2D eigenvalue weighted by Crippen LogP contribution is 2.20. The lowest BCUT2D eigenvalue weighted by Gasteiger charge is -2.22. The highest BCUT2D eigenvalue weighted by molar-refractivity contribution is 5.81. The molecule has 1 aliphatic carbocycles. The maximum atomic E-state index is 11.5. The van der Waals surface area contributed by atoms with E-state index in [1.54, 1.807) is 0 Å².